The fourth-order valence-corrected chi connectivity index (χ4v) is 10.4. The maximum atomic E-state index is 12.4. The second kappa shape index (κ2) is 17.5. The molecule has 4 aromatic carbocycles. The Kier molecular flexibility index (Phi) is 12.8. The van der Waals surface area contributed by atoms with Crippen LogP contribution in [0.15, 0.2) is 78.8 Å². The molecule has 2 aromatic heterocycles. The quantitative estimate of drug-likeness (QED) is 0.0484. The molecule has 0 atom stereocenters. The number of carbonyl (C=O) groups excluding carboxylic acids is 1. The van der Waals surface area contributed by atoms with Crippen LogP contribution in [-0.2, 0) is 55.0 Å². The molecule has 5 heterocycles. The first-order chi connectivity index (χ1) is 29.7. The van der Waals surface area contributed by atoms with Gasteiger partial charge in [0.05, 0.1) is 22.1 Å². The van der Waals surface area contributed by atoms with Gasteiger partial charge in [0.2, 0.25) is 11.9 Å². The van der Waals surface area contributed by atoms with E-state index in [1.165, 1.54) is 13.0 Å². The van der Waals surface area contributed by atoms with Gasteiger partial charge in [-0.05, 0) is 142 Å². The van der Waals surface area contributed by atoms with Crippen LogP contribution in [0.4, 0.5) is 34.6 Å². The van der Waals surface area contributed by atoms with Gasteiger partial charge in [-0.15, -0.1) is 20.5 Å². The van der Waals surface area contributed by atoms with Gasteiger partial charge >= 0.3 is 0 Å². The van der Waals surface area contributed by atoms with Gasteiger partial charge < -0.3 is 19.8 Å². The molecule has 20 heteroatoms. The number of imidazole rings is 2. The number of anilines is 2. The molecule has 4 N–H and O–H groups in total. The van der Waals surface area contributed by atoms with Crippen LogP contribution in [0.25, 0.3) is 22.1 Å². The molecular formula is C44H50N10NiO7S2. The van der Waals surface area contributed by atoms with Crippen LogP contribution >= 0.6 is 0 Å². The first kappa shape index (κ1) is 46.6. The molecule has 0 amide bonds. The molecule has 0 unspecified atom stereocenters. The van der Waals surface area contributed by atoms with E-state index in [1.54, 1.807) is 30.3 Å². The van der Waals surface area contributed by atoms with Crippen LogP contribution in [0.3, 0.4) is 0 Å². The van der Waals surface area contributed by atoms with E-state index in [-0.39, 0.29) is 66.8 Å². The molecule has 0 spiro atoms. The third-order valence-corrected chi connectivity index (χ3v) is 13.9. The van der Waals surface area contributed by atoms with Crippen molar-refractivity contribution in [2.45, 2.75) is 102 Å². The second-order valence-corrected chi connectivity index (χ2v) is 20.1. The number of benzene rings is 4. The topological polar surface area (TPSA) is 239 Å². The molecule has 0 radical (unpaired) electrons. The van der Waals surface area contributed by atoms with Crippen LogP contribution in [0.5, 0.6) is 0 Å². The van der Waals surface area contributed by atoms with E-state index in [9.17, 15) is 30.7 Å². The average Bonchev–Trinajstić information content (AvgIpc) is 3.83. The monoisotopic (exact) mass is 952 g/mol. The zero-order valence-electron chi connectivity index (χ0n) is 36.5. The van der Waals surface area contributed by atoms with Crippen LogP contribution in [-0.4, -0.2) is 77.3 Å². The predicted molar refractivity (Wildman–Crippen MR) is 242 cm³/mol. The molecule has 64 heavy (non-hydrogen) atoms. The Labute approximate surface area is 381 Å². The summed E-state index contributed by atoms with van der Waals surface area (Å²) in [4.78, 5) is 30.5. The Morgan fingerprint density at radius 1 is 0.812 bits per heavy atom. The third-order valence-electron chi connectivity index (χ3n) is 12.0. The van der Waals surface area contributed by atoms with Crippen LogP contribution in [0.1, 0.15) is 92.1 Å². The molecule has 0 saturated heterocycles. The van der Waals surface area contributed by atoms with Crippen molar-refractivity contribution in [2.75, 3.05) is 29.4 Å². The summed E-state index contributed by atoms with van der Waals surface area (Å²) in [6, 6.07) is 14.2. The van der Waals surface area contributed by atoms with Crippen molar-refractivity contribution in [1.29, 1.82) is 0 Å². The maximum absolute atomic E-state index is 12.4. The van der Waals surface area contributed by atoms with Gasteiger partial charge in [-0.1, -0.05) is 19.9 Å². The van der Waals surface area contributed by atoms with Gasteiger partial charge in [0.15, 0.2) is 5.78 Å². The van der Waals surface area contributed by atoms with Crippen LogP contribution in [0, 0.1) is 13.8 Å². The second-order valence-electron chi connectivity index (χ2n) is 17.4. The zero-order valence-corrected chi connectivity index (χ0v) is 39.1. The first-order valence-electron chi connectivity index (χ1n) is 20.8. The minimum absolute atomic E-state index is 0. The number of azo groups is 2. The van der Waals surface area contributed by atoms with Gasteiger partial charge in [0.1, 0.15) is 21.2 Å². The van der Waals surface area contributed by atoms with E-state index in [2.05, 4.69) is 77.9 Å². The van der Waals surface area contributed by atoms with Gasteiger partial charge in [0.25, 0.3) is 20.2 Å². The standard InChI is InChI=1S/C23H25N5O4S.C21H25N5O3S.Ni/c1-13(29)14-6-7-17-18(11-14)25-22(24-17)27-26-19-12-16-20-15(21(19)33(30,31)32)5-4-9-28(20)10-8-23(16,2)3;1-12(2)26-7-5-6-15-10-16(19(11-18(15)26)30(27,28)29)24-25-21-22-17-9-13(3)8-14(4)20(17)23-21;/h6-7,11-12H,4-5,8-10H2,1-3H3,(H,24,25)(H,30,31,32);8-12H,5-7H2,1-4H3,(H,22,23)(H,27,28,29);. The number of aromatic nitrogens is 4. The molecule has 6 aromatic rings. The summed E-state index contributed by atoms with van der Waals surface area (Å²) in [7, 11) is -9.00. The van der Waals surface area contributed by atoms with Crippen molar-refractivity contribution in [2.24, 2.45) is 20.5 Å². The summed E-state index contributed by atoms with van der Waals surface area (Å²) in [5.41, 5.74) is 9.93. The van der Waals surface area contributed by atoms with Crippen molar-refractivity contribution >= 4 is 82.7 Å². The van der Waals surface area contributed by atoms with E-state index < -0.39 is 20.2 Å². The Bertz CT molecular complexity index is 3120. The Hall–Kier alpha value is -5.40. The SMILES string of the molecule is CC(=O)c1ccc2nc(N=Nc3cc4c5c(c3S(=O)(=O)O)CCCN5CCC4(C)C)[nH]c2c1.Cc1cc(C)c2nc(N=Nc3cc4c(cc3S(=O)(=O)O)N(C(C)C)CCC4)[nH]c2c1.[Ni]. The molecule has 0 bridgehead atoms. The number of rotatable bonds is 8. The van der Waals surface area contributed by atoms with Crippen LogP contribution < -0.4 is 9.80 Å². The minimum atomic E-state index is -4.53. The van der Waals surface area contributed by atoms with Crippen molar-refractivity contribution < 1.29 is 47.2 Å². The number of H-pyrrole nitrogens is 2. The zero-order chi connectivity index (χ0) is 45.2. The molecule has 3 aliphatic heterocycles. The van der Waals surface area contributed by atoms with Gasteiger partial charge in [-0.25, -0.2) is 9.97 Å². The summed E-state index contributed by atoms with van der Waals surface area (Å²) >= 11 is 0. The number of fused-ring (bicyclic) bond motifs is 3. The summed E-state index contributed by atoms with van der Waals surface area (Å²) in [6.45, 7) is 16.4. The van der Waals surface area contributed by atoms with E-state index >= 15 is 0 Å². The number of hydrogen-bond donors (Lipinski definition) is 4. The number of nitrogens with one attached hydrogen (secondary N) is 2. The summed E-state index contributed by atoms with van der Waals surface area (Å²) in [5, 5.41) is 16.7. The summed E-state index contributed by atoms with van der Waals surface area (Å²) in [5.74, 6) is 0.396. The smallest absolute Gasteiger partial charge is 0.297 e. The largest absolute Gasteiger partial charge is 0.371 e. The predicted octanol–water partition coefficient (Wildman–Crippen LogP) is 9.86. The Morgan fingerprint density at radius 3 is 2.19 bits per heavy atom. The summed E-state index contributed by atoms with van der Waals surface area (Å²) in [6.07, 6.45) is 4.07. The van der Waals surface area contributed by atoms with Crippen molar-refractivity contribution in [3.63, 3.8) is 0 Å². The van der Waals surface area contributed by atoms with Crippen molar-refractivity contribution in [3.05, 3.63) is 81.9 Å². The fraction of sp³-hybridized carbons (Fsp3) is 0.386. The normalized spacial score (nSPS) is 16.0. The Balaban J connectivity index is 0.000000189. The number of carbonyl (C=O) groups is 1. The number of Topliss-reactive ketones (excluding diaryl/α,β-unsaturated/α-hetero) is 1. The average molecular weight is 954 g/mol. The van der Waals surface area contributed by atoms with E-state index in [1.807, 2.05) is 26.0 Å². The van der Waals surface area contributed by atoms with E-state index in [4.69, 9.17) is 0 Å². The van der Waals surface area contributed by atoms with Gasteiger partial charge in [-0.3, -0.25) is 13.9 Å². The minimum Gasteiger partial charge on any atom is -0.371 e. The molecule has 3 aliphatic rings. The number of ketones is 1. The van der Waals surface area contributed by atoms with E-state index in [0.29, 0.717) is 28.6 Å². The number of nitrogens with zero attached hydrogens (tertiary/aromatic N) is 8. The van der Waals surface area contributed by atoms with E-state index in [0.717, 1.165) is 90.0 Å². The third kappa shape index (κ3) is 9.24. The van der Waals surface area contributed by atoms with Gasteiger partial charge in [0, 0.05) is 59.1 Å². The molecule has 340 valence electrons. The summed E-state index contributed by atoms with van der Waals surface area (Å²) < 4.78 is 68.9. The molecule has 0 saturated carbocycles. The number of aromatic amines is 2. The number of aryl methyl sites for hydroxylation is 3. The fourth-order valence-electron chi connectivity index (χ4n) is 8.92. The molecule has 9 rings (SSSR count). The van der Waals surface area contributed by atoms with Crippen molar-refractivity contribution in [1.82, 2.24) is 19.9 Å². The first-order valence-corrected chi connectivity index (χ1v) is 23.7. The Morgan fingerprint density at radius 2 is 1.50 bits per heavy atom. The van der Waals surface area contributed by atoms with Gasteiger partial charge in [-0.2, -0.15) is 16.8 Å². The molecule has 0 aliphatic carbocycles. The molecular weight excluding hydrogens is 903 g/mol. The number of hydrogen-bond acceptors (Lipinski definition) is 13. The molecule has 0 fully saturated rings. The maximum Gasteiger partial charge on any atom is 0.297 e. The van der Waals surface area contributed by atoms with Crippen LogP contribution in [0.2, 0.25) is 0 Å². The van der Waals surface area contributed by atoms with Crippen molar-refractivity contribution in [3.8, 4) is 0 Å². The molecule has 17 nitrogen and oxygen atoms in total.